The Hall–Kier alpha value is -1.38. The molecule has 1 saturated carbocycles. The number of anilines is 2. The van der Waals surface area contributed by atoms with Gasteiger partial charge in [-0.05, 0) is 31.2 Å². The predicted molar refractivity (Wildman–Crippen MR) is 81.7 cm³/mol. The van der Waals surface area contributed by atoms with Gasteiger partial charge in [-0.2, -0.15) is 0 Å². The Morgan fingerprint density at radius 1 is 1.26 bits per heavy atom. The first-order valence-corrected chi connectivity index (χ1v) is 7.49. The zero-order valence-corrected chi connectivity index (χ0v) is 12.1. The summed E-state index contributed by atoms with van der Waals surface area (Å²) in [4.78, 5) is 0. The molecule has 0 spiro atoms. The van der Waals surface area contributed by atoms with Crippen molar-refractivity contribution in [3.05, 3.63) is 18.2 Å². The lowest BCUT2D eigenvalue weighted by atomic mass is 9.86. The molecule has 1 fully saturated rings. The van der Waals surface area contributed by atoms with Crippen molar-refractivity contribution in [1.29, 1.82) is 0 Å². The second kappa shape index (κ2) is 6.69. The predicted octanol–water partition coefficient (Wildman–Crippen LogP) is 4.05. The van der Waals surface area contributed by atoms with Crippen molar-refractivity contribution in [1.82, 2.24) is 0 Å². The van der Waals surface area contributed by atoms with Gasteiger partial charge in [0.25, 0.3) is 0 Å². The Morgan fingerprint density at radius 2 is 2.05 bits per heavy atom. The van der Waals surface area contributed by atoms with Crippen LogP contribution in [0.25, 0.3) is 0 Å². The number of hydrogen-bond donors (Lipinski definition) is 2. The van der Waals surface area contributed by atoms with E-state index in [-0.39, 0.29) is 0 Å². The summed E-state index contributed by atoms with van der Waals surface area (Å²) < 4.78 is 5.67. The lowest BCUT2D eigenvalue weighted by molar-refractivity contribution is 0.317. The average molecular weight is 262 g/mol. The van der Waals surface area contributed by atoms with Crippen LogP contribution in [0, 0.1) is 5.92 Å². The standard InChI is InChI=1S/C16H26N2O/c1-3-8-19-15-10-13(17)9-14(11-15)18-16-7-5-4-6-12(16)2/h9-12,16,18H,3-8,17H2,1-2H3. The van der Waals surface area contributed by atoms with Crippen molar-refractivity contribution in [2.24, 2.45) is 5.92 Å². The van der Waals surface area contributed by atoms with E-state index in [1.54, 1.807) is 0 Å². The molecule has 1 aliphatic carbocycles. The van der Waals surface area contributed by atoms with Crippen molar-refractivity contribution >= 4 is 11.4 Å². The largest absolute Gasteiger partial charge is 0.493 e. The van der Waals surface area contributed by atoms with E-state index < -0.39 is 0 Å². The number of nitrogens with two attached hydrogens (primary N) is 1. The van der Waals surface area contributed by atoms with E-state index in [1.165, 1.54) is 25.7 Å². The number of benzene rings is 1. The smallest absolute Gasteiger partial charge is 0.123 e. The van der Waals surface area contributed by atoms with Gasteiger partial charge in [0.1, 0.15) is 5.75 Å². The van der Waals surface area contributed by atoms with Crippen LogP contribution in [-0.4, -0.2) is 12.6 Å². The van der Waals surface area contributed by atoms with Crippen molar-refractivity contribution < 1.29 is 4.74 Å². The maximum absolute atomic E-state index is 5.95. The Morgan fingerprint density at radius 3 is 2.79 bits per heavy atom. The van der Waals surface area contributed by atoms with Crippen LogP contribution in [0.1, 0.15) is 46.0 Å². The number of nitrogen functional groups attached to an aromatic ring is 1. The molecule has 0 saturated heterocycles. The molecule has 3 nitrogen and oxygen atoms in total. The molecule has 19 heavy (non-hydrogen) atoms. The topological polar surface area (TPSA) is 47.3 Å². The van der Waals surface area contributed by atoms with Gasteiger partial charge in [0, 0.05) is 29.5 Å². The van der Waals surface area contributed by atoms with E-state index in [0.29, 0.717) is 6.04 Å². The van der Waals surface area contributed by atoms with E-state index in [0.717, 1.165) is 36.1 Å². The summed E-state index contributed by atoms with van der Waals surface area (Å²) >= 11 is 0. The van der Waals surface area contributed by atoms with Crippen molar-refractivity contribution in [2.75, 3.05) is 17.7 Å². The zero-order valence-electron chi connectivity index (χ0n) is 12.1. The Balaban J connectivity index is 2.04. The van der Waals surface area contributed by atoms with Crippen LogP contribution in [0.15, 0.2) is 18.2 Å². The molecule has 2 rings (SSSR count). The van der Waals surface area contributed by atoms with Crippen LogP contribution in [0.4, 0.5) is 11.4 Å². The van der Waals surface area contributed by atoms with Crippen molar-refractivity contribution in [3.63, 3.8) is 0 Å². The summed E-state index contributed by atoms with van der Waals surface area (Å²) in [5, 5.41) is 3.63. The fraction of sp³-hybridized carbons (Fsp3) is 0.625. The van der Waals surface area contributed by atoms with Crippen LogP contribution in [0.5, 0.6) is 5.75 Å². The number of ether oxygens (including phenoxy) is 1. The molecule has 2 atom stereocenters. The van der Waals surface area contributed by atoms with E-state index >= 15 is 0 Å². The number of rotatable bonds is 5. The zero-order chi connectivity index (χ0) is 13.7. The molecule has 1 aromatic carbocycles. The van der Waals surface area contributed by atoms with Crippen LogP contribution >= 0.6 is 0 Å². The fourth-order valence-electron chi connectivity index (χ4n) is 2.75. The Bertz CT molecular complexity index is 406. The highest BCUT2D eigenvalue weighted by Crippen LogP contribution is 2.29. The van der Waals surface area contributed by atoms with Crippen LogP contribution in [0.2, 0.25) is 0 Å². The van der Waals surface area contributed by atoms with Gasteiger partial charge in [-0.25, -0.2) is 0 Å². The van der Waals surface area contributed by atoms with Gasteiger partial charge in [-0.1, -0.05) is 26.7 Å². The summed E-state index contributed by atoms with van der Waals surface area (Å²) in [5.74, 6) is 1.60. The Kier molecular flexibility index (Phi) is 4.94. The van der Waals surface area contributed by atoms with Gasteiger partial charge in [-0.3, -0.25) is 0 Å². The minimum Gasteiger partial charge on any atom is -0.493 e. The monoisotopic (exact) mass is 262 g/mol. The van der Waals surface area contributed by atoms with E-state index in [9.17, 15) is 0 Å². The Labute approximate surface area is 116 Å². The molecule has 0 bridgehead atoms. The molecule has 3 N–H and O–H groups in total. The minimum absolute atomic E-state index is 0.564. The lowest BCUT2D eigenvalue weighted by Crippen LogP contribution is -2.30. The highest BCUT2D eigenvalue weighted by atomic mass is 16.5. The second-order valence-electron chi connectivity index (χ2n) is 5.65. The summed E-state index contributed by atoms with van der Waals surface area (Å²) in [6, 6.07) is 6.52. The quantitative estimate of drug-likeness (QED) is 0.787. The maximum atomic E-state index is 5.95. The van der Waals surface area contributed by atoms with E-state index in [1.807, 2.05) is 12.1 Å². The van der Waals surface area contributed by atoms with Crippen LogP contribution in [-0.2, 0) is 0 Å². The van der Waals surface area contributed by atoms with E-state index in [2.05, 4.69) is 25.2 Å². The van der Waals surface area contributed by atoms with Crippen LogP contribution in [0.3, 0.4) is 0 Å². The highest BCUT2D eigenvalue weighted by molar-refractivity contribution is 5.59. The summed E-state index contributed by atoms with van der Waals surface area (Å²) in [6.07, 6.45) is 6.27. The third kappa shape index (κ3) is 4.05. The molecule has 106 valence electrons. The van der Waals surface area contributed by atoms with Gasteiger partial charge in [0.05, 0.1) is 6.61 Å². The first-order valence-electron chi connectivity index (χ1n) is 7.49. The molecule has 3 heteroatoms. The summed E-state index contributed by atoms with van der Waals surface area (Å²) in [7, 11) is 0. The lowest BCUT2D eigenvalue weighted by Gasteiger charge is -2.30. The molecular formula is C16H26N2O. The van der Waals surface area contributed by atoms with Gasteiger partial charge in [0.15, 0.2) is 0 Å². The van der Waals surface area contributed by atoms with Gasteiger partial charge in [-0.15, -0.1) is 0 Å². The summed E-state index contributed by atoms with van der Waals surface area (Å²) in [6.45, 7) is 5.18. The summed E-state index contributed by atoms with van der Waals surface area (Å²) in [5.41, 5.74) is 7.80. The molecule has 0 amide bonds. The van der Waals surface area contributed by atoms with Crippen molar-refractivity contribution in [2.45, 2.75) is 52.0 Å². The first-order chi connectivity index (χ1) is 9.19. The minimum atomic E-state index is 0.564. The third-order valence-electron chi connectivity index (χ3n) is 3.87. The molecule has 2 unspecified atom stereocenters. The van der Waals surface area contributed by atoms with E-state index in [4.69, 9.17) is 10.5 Å². The molecule has 1 aromatic rings. The first kappa shape index (κ1) is 14.0. The average Bonchev–Trinajstić information content (AvgIpc) is 2.38. The fourth-order valence-corrected chi connectivity index (χ4v) is 2.75. The normalized spacial score (nSPS) is 23.1. The second-order valence-corrected chi connectivity index (χ2v) is 5.65. The maximum Gasteiger partial charge on any atom is 0.123 e. The molecule has 0 aliphatic heterocycles. The number of hydrogen-bond acceptors (Lipinski definition) is 3. The molecular weight excluding hydrogens is 236 g/mol. The molecule has 1 aliphatic rings. The van der Waals surface area contributed by atoms with Crippen molar-refractivity contribution in [3.8, 4) is 5.75 Å². The molecule has 0 aromatic heterocycles. The van der Waals surface area contributed by atoms with Gasteiger partial charge in [0.2, 0.25) is 0 Å². The van der Waals surface area contributed by atoms with Gasteiger partial charge >= 0.3 is 0 Å². The molecule has 0 heterocycles. The van der Waals surface area contributed by atoms with Crippen LogP contribution < -0.4 is 15.8 Å². The molecule has 0 radical (unpaired) electrons. The third-order valence-corrected chi connectivity index (χ3v) is 3.87. The highest BCUT2D eigenvalue weighted by Gasteiger charge is 2.21. The number of nitrogens with one attached hydrogen (secondary N) is 1. The SMILES string of the molecule is CCCOc1cc(N)cc(NC2CCCCC2C)c1. The van der Waals surface area contributed by atoms with Gasteiger partial charge < -0.3 is 15.8 Å².